The van der Waals surface area contributed by atoms with Crippen LogP contribution in [0.15, 0.2) is 30.5 Å². The Morgan fingerprint density at radius 3 is 2.82 bits per heavy atom. The molecule has 1 saturated heterocycles. The monoisotopic (exact) mass is 230 g/mol. The lowest BCUT2D eigenvalue weighted by atomic mass is 9.86. The molecule has 1 aliphatic heterocycles. The third-order valence-electron chi connectivity index (χ3n) is 3.69. The average molecular weight is 230 g/mol. The maximum atomic E-state index is 10.5. The van der Waals surface area contributed by atoms with Crippen molar-refractivity contribution in [2.24, 2.45) is 0 Å². The fourth-order valence-corrected chi connectivity index (χ4v) is 2.66. The van der Waals surface area contributed by atoms with Crippen molar-refractivity contribution in [2.75, 3.05) is 13.1 Å². The maximum absolute atomic E-state index is 10.5. The zero-order valence-corrected chi connectivity index (χ0v) is 9.87. The molecule has 0 amide bonds. The molecule has 0 bridgehead atoms. The van der Waals surface area contributed by atoms with Crippen LogP contribution in [-0.2, 0) is 6.42 Å². The Hall–Kier alpha value is -1.32. The number of aliphatic hydroxyl groups is 1. The van der Waals surface area contributed by atoms with Gasteiger partial charge in [0.15, 0.2) is 0 Å². The molecule has 3 heteroatoms. The average Bonchev–Trinajstić information content (AvgIpc) is 2.76. The number of nitrogens with one attached hydrogen (secondary N) is 2. The highest BCUT2D eigenvalue weighted by Gasteiger charge is 2.29. The van der Waals surface area contributed by atoms with Crippen LogP contribution in [0.3, 0.4) is 0 Å². The number of H-pyrrole nitrogens is 1. The van der Waals surface area contributed by atoms with Crippen LogP contribution in [-0.4, -0.2) is 28.8 Å². The number of hydrogen-bond acceptors (Lipinski definition) is 2. The van der Waals surface area contributed by atoms with Crippen LogP contribution < -0.4 is 5.32 Å². The lowest BCUT2D eigenvalue weighted by Gasteiger charge is -2.32. The first-order valence-electron chi connectivity index (χ1n) is 6.24. The standard InChI is InChI=1S/C14H18N2O/c17-14(4-7-15-8-5-14)10-11-1-2-13-12(9-11)3-6-16-13/h1-3,6,9,15-17H,4-5,7-8,10H2. The molecule has 0 unspecified atom stereocenters. The first kappa shape index (κ1) is 10.8. The number of aromatic nitrogens is 1. The van der Waals surface area contributed by atoms with Crippen molar-refractivity contribution in [3.63, 3.8) is 0 Å². The second kappa shape index (κ2) is 4.17. The van der Waals surface area contributed by atoms with Crippen molar-refractivity contribution in [1.29, 1.82) is 0 Å². The normalized spacial score (nSPS) is 19.6. The van der Waals surface area contributed by atoms with Gasteiger partial charge in [-0.15, -0.1) is 0 Å². The van der Waals surface area contributed by atoms with Gasteiger partial charge in [0.25, 0.3) is 0 Å². The molecule has 0 spiro atoms. The Kier molecular flexibility index (Phi) is 2.65. The lowest BCUT2D eigenvalue weighted by molar-refractivity contribution is 0.0109. The van der Waals surface area contributed by atoms with Crippen LogP contribution in [0.5, 0.6) is 0 Å². The van der Waals surface area contributed by atoms with E-state index in [9.17, 15) is 5.11 Å². The Morgan fingerprint density at radius 1 is 1.18 bits per heavy atom. The SMILES string of the molecule is OC1(Cc2ccc3[nH]ccc3c2)CCNCC1. The molecule has 1 aliphatic rings. The molecule has 2 aromatic rings. The number of hydrogen-bond donors (Lipinski definition) is 3. The molecular formula is C14H18N2O. The Balaban J connectivity index is 1.83. The van der Waals surface area contributed by atoms with Gasteiger partial charge in [0, 0.05) is 18.1 Å². The first-order valence-corrected chi connectivity index (χ1v) is 6.24. The van der Waals surface area contributed by atoms with Gasteiger partial charge < -0.3 is 15.4 Å². The van der Waals surface area contributed by atoms with Crippen LogP contribution in [0.1, 0.15) is 18.4 Å². The summed E-state index contributed by atoms with van der Waals surface area (Å²) < 4.78 is 0. The van der Waals surface area contributed by atoms with Gasteiger partial charge in [-0.2, -0.15) is 0 Å². The van der Waals surface area contributed by atoms with Crippen LogP contribution in [0.4, 0.5) is 0 Å². The van der Waals surface area contributed by atoms with Crippen LogP contribution in [0.25, 0.3) is 10.9 Å². The van der Waals surface area contributed by atoms with Crippen molar-refractivity contribution < 1.29 is 5.11 Å². The van der Waals surface area contributed by atoms with E-state index in [1.54, 1.807) is 0 Å². The summed E-state index contributed by atoms with van der Waals surface area (Å²) in [4.78, 5) is 3.19. The fourth-order valence-electron chi connectivity index (χ4n) is 2.66. The molecule has 1 aromatic carbocycles. The predicted molar refractivity (Wildman–Crippen MR) is 69.1 cm³/mol. The highest BCUT2D eigenvalue weighted by Crippen LogP contribution is 2.25. The van der Waals surface area contributed by atoms with Crippen molar-refractivity contribution in [1.82, 2.24) is 10.3 Å². The van der Waals surface area contributed by atoms with Gasteiger partial charge in [-0.1, -0.05) is 6.07 Å². The number of aromatic amines is 1. The van der Waals surface area contributed by atoms with Crippen LogP contribution in [0.2, 0.25) is 0 Å². The first-order chi connectivity index (χ1) is 8.25. The highest BCUT2D eigenvalue weighted by molar-refractivity contribution is 5.79. The number of rotatable bonds is 2. The van der Waals surface area contributed by atoms with Crippen molar-refractivity contribution in [3.05, 3.63) is 36.0 Å². The third kappa shape index (κ3) is 2.21. The highest BCUT2D eigenvalue weighted by atomic mass is 16.3. The summed E-state index contributed by atoms with van der Waals surface area (Å²) in [6.45, 7) is 1.84. The zero-order valence-electron chi connectivity index (χ0n) is 9.87. The minimum absolute atomic E-state index is 0.519. The van der Waals surface area contributed by atoms with E-state index >= 15 is 0 Å². The van der Waals surface area contributed by atoms with Gasteiger partial charge in [-0.3, -0.25) is 0 Å². The van der Waals surface area contributed by atoms with E-state index < -0.39 is 5.60 Å². The Labute approximate surface area is 101 Å². The van der Waals surface area contributed by atoms with E-state index in [-0.39, 0.29) is 0 Å². The molecule has 0 radical (unpaired) electrons. The molecule has 0 aliphatic carbocycles. The molecule has 3 N–H and O–H groups in total. The van der Waals surface area contributed by atoms with E-state index in [1.165, 1.54) is 10.9 Å². The van der Waals surface area contributed by atoms with Crippen molar-refractivity contribution in [3.8, 4) is 0 Å². The zero-order chi connectivity index (χ0) is 11.7. The molecule has 0 saturated carbocycles. The molecule has 1 fully saturated rings. The number of piperidine rings is 1. The summed E-state index contributed by atoms with van der Waals surface area (Å²) >= 11 is 0. The lowest BCUT2D eigenvalue weighted by Crippen LogP contribution is -2.43. The molecule has 0 atom stereocenters. The topological polar surface area (TPSA) is 48.0 Å². The summed E-state index contributed by atoms with van der Waals surface area (Å²) in [6, 6.07) is 8.45. The summed E-state index contributed by atoms with van der Waals surface area (Å²) in [6.07, 6.45) is 4.40. The van der Waals surface area contributed by atoms with Crippen LogP contribution in [0, 0.1) is 0 Å². The van der Waals surface area contributed by atoms with E-state index in [0.29, 0.717) is 0 Å². The van der Waals surface area contributed by atoms with Gasteiger partial charge in [0.05, 0.1) is 5.60 Å². The minimum atomic E-state index is -0.519. The molecule has 2 heterocycles. The van der Waals surface area contributed by atoms with Crippen molar-refractivity contribution >= 4 is 10.9 Å². The van der Waals surface area contributed by atoms with Crippen LogP contribution >= 0.6 is 0 Å². The maximum Gasteiger partial charge on any atom is 0.0712 e. The molecule has 1 aromatic heterocycles. The Bertz CT molecular complexity index is 512. The summed E-state index contributed by atoms with van der Waals surface area (Å²) in [5, 5.41) is 15.0. The van der Waals surface area contributed by atoms with E-state index in [4.69, 9.17) is 0 Å². The largest absolute Gasteiger partial charge is 0.389 e. The van der Waals surface area contributed by atoms with E-state index in [1.807, 2.05) is 6.20 Å². The Morgan fingerprint density at radius 2 is 2.00 bits per heavy atom. The summed E-state index contributed by atoms with van der Waals surface area (Å²) in [7, 11) is 0. The smallest absolute Gasteiger partial charge is 0.0712 e. The number of benzene rings is 1. The van der Waals surface area contributed by atoms with Crippen molar-refractivity contribution in [2.45, 2.75) is 24.9 Å². The third-order valence-corrected chi connectivity index (χ3v) is 3.69. The van der Waals surface area contributed by atoms with Gasteiger partial charge in [-0.25, -0.2) is 0 Å². The fraction of sp³-hybridized carbons (Fsp3) is 0.429. The van der Waals surface area contributed by atoms with E-state index in [2.05, 4.69) is 34.6 Å². The molecule has 17 heavy (non-hydrogen) atoms. The minimum Gasteiger partial charge on any atom is -0.389 e. The molecule has 90 valence electrons. The van der Waals surface area contributed by atoms with Gasteiger partial charge in [-0.05, 0) is 55.1 Å². The number of fused-ring (bicyclic) bond motifs is 1. The molecule has 3 nitrogen and oxygen atoms in total. The predicted octanol–water partition coefficient (Wildman–Crippen LogP) is 1.82. The quantitative estimate of drug-likeness (QED) is 0.737. The van der Waals surface area contributed by atoms with E-state index in [0.717, 1.165) is 37.9 Å². The second-order valence-electron chi connectivity index (χ2n) is 5.05. The second-order valence-corrected chi connectivity index (χ2v) is 5.05. The van der Waals surface area contributed by atoms with Gasteiger partial charge in [0.1, 0.15) is 0 Å². The van der Waals surface area contributed by atoms with Gasteiger partial charge in [0.2, 0.25) is 0 Å². The molecule has 3 rings (SSSR count). The summed E-state index contributed by atoms with van der Waals surface area (Å²) in [5.41, 5.74) is 1.86. The molecular weight excluding hydrogens is 212 g/mol. The van der Waals surface area contributed by atoms with Gasteiger partial charge >= 0.3 is 0 Å². The summed E-state index contributed by atoms with van der Waals surface area (Å²) in [5.74, 6) is 0.